The molecule has 1 aromatic heterocycles. The van der Waals surface area contributed by atoms with Gasteiger partial charge in [0.05, 0.1) is 6.04 Å². The van der Waals surface area contributed by atoms with E-state index >= 15 is 0 Å². The van der Waals surface area contributed by atoms with E-state index in [1.54, 1.807) is 6.07 Å². The third-order valence-corrected chi connectivity index (χ3v) is 1.92. The lowest BCUT2D eigenvalue weighted by molar-refractivity contribution is 0.436. The second-order valence-electron chi connectivity index (χ2n) is 2.27. The Morgan fingerprint density at radius 3 is 2.67 bits per heavy atom. The predicted octanol–water partition coefficient (Wildman–Crippen LogP) is 2.36. The summed E-state index contributed by atoms with van der Waals surface area (Å²) in [6, 6.07) is 2.38. The Morgan fingerprint density at radius 1 is 1.50 bits per heavy atom. The van der Waals surface area contributed by atoms with Crippen LogP contribution in [0, 0.1) is 0 Å². The molecule has 0 aromatic carbocycles. The maximum Gasteiger partial charge on any atom is 0.135 e. The molecule has 0 aliphatic heterocycles. The molecule has 1 heterocycles. The number of rotatable bonds is 2. The fourth-order valence-corrected chi connectivity index (χ4v) is 1.27. The molecule has 0 saturated carbocycles. The van der Waals surface area contributed by atoms with Gasteiger partial charge in [0.25, 0.3) is 0 Å². The highest BCUT2D eigenvalue weighted by atomic mass is 35.5. The first-order chi connectivity index (χ1) is 5.65. The lowest BCUT2D eigenvalue weighted by atomic mass is 10.1. The van der Waals surface area contributed by atoms with E-state index in [-0.39, 0.29) is 10.3 Å². The second-order valence-corrected chi connectivity index (χ2v) is 3.02. The summed E-state index contributed by atoms with van der Waals surface area (Å²) in [4.78, 5) is 3.73. The van der Waals surface area contributed by atoms with Gasteiger partial charge >= 0.3 is 0 Å². The van der Waals surface area contributed by atoms with Crippen LogP contribution >= 0.6 is 23.2 Å². The first kappa shape index (κ1) is 9.71. The Morgan fingerprint density at radius 2 is 2.17 bits per heavy atom. The van der Waals surface area contributed by atoms with Gasteiger partial charge in [0, 0.05) is 5.56 Å². The van der Waals surface area contributed by atoms with Crippen molar-refractivity contribution in [3.05, 3.63) is 28.0 Å². The fourth-order valence-electron chi connectivity index (χ4n) is 0.783. The molecule has 0 spiro atoms. The van der Waals surface area contributed by atoms with E-state index in [2.05, 4.69) is 4.98 Å². The molecule has 2 nitrogen and oxygen atoms in total. The Labute approximate surface area is 79.5 Å². The summed E-state index contributed by atoms with van der Waals surface area (Å²) in [7, 11) is 0. The van der Waals surface area contributed by atoms with Gasteiger partial charge in [0.2, 0.25) is 0 Å². The molecule has 0 saturated heterocycles. The first-order valence-electron chi connectivity index (χ1n) is 3.28. The van der Waals surface area contributed by atoms with Crippen LogP contribution in [0.2, 0.25) is 10.3 Å². The molecule has 1 atom stereocenters. The largest absolute Gasteiger partial charge is 0.322 e. The monoisotopic (exact) mass is 208 g/mol. The Bertz CT molecular complexity index is 280. The number of halogens is 3. The summed E-state index contributed by atoms with van der Waals surface area (Å²) < 4.78 is 12.1. The maximum atomic E-state index is 12.1. The zero-order chi connectivity index (χ0) is 9.14. The van der Waals surface area contributed by atoms with E-state index in [1.165, 1.54) is 6.07 Å². The molecular weight excluding hydrogens is 202 g/mol. The molecule has 0 aliphatic carbocycles. The Kier molecular flexibility index (Phi) is 3.26. The minimum atomic E-state index is -0.720. The van der Waals surface area contributed by atoms with Crippen molar-refractivity contribution in [3.63, 3.8) is 0 Å². The lowest BCUT2D eigenvalue weighted by Crippen LogP contribution is -2.13. The van der Waals surface area contributed by atoms with Gasteiger partial charge in [-0.25, -0.2) is 9.37 Å². The lowest BCUT2D eigenvalue weighted by Gasteiger charge is -2.08. The van der Waals surface area contributed by atoms with Gasteiger partial charge in [0.15, 0.2) is 0 Å². The summed E-state index contributed by atoms with van der Waals surface area (Å²) in [5.41, 5.74) is 5.88. The van der Waals surface area contributed by atoms with Crippen molar-refractivity contribution in [2.24, 2.45) is 5.73 Å². The summed E-state index contributed by atoms with van der Waals surface area (Å²) in [6.45, 7) is -0.664. The summed E-state index contributed by atoms with van der Waals surface area (Å²) in [6.07, 6.45) is 0. The second kappa shape index (κ2) is 4.03. The van der Waals surface area contributed by atoms with Crippen LogP contribution in [0.25, 0.3) is 0 Å². The molecule has 1 aromatic rings. The average Bonchev–Trinajstić information content (AvgIpc) is 2.03. The van der Waals surface area contributed by atoms with Gasteiger partial charge in [-0.2, -0.15) is 0 Å². The molecule has 0 aliphatic rings. The van der Waals surface area contributed by atoms with Crippen LogP contribution in [0.1, 0.15) is 11.6 Å². The zero-order valence-corrected chi connectivity index (χ0v) is 7.61. The van der Waals surface area contributed by atoms with Crippen molar-refractivity contribution < 1.29 is 4.39 Å². The molecule has 0 unspecified atom stereocenters. The molecule has 66 valence electrons. The van der Waals surface area contributed by atoms with Gasteiger partial charge in [-0.15, -0.1) is 0 Å². The van der Waals surface area contributed by atoms with E-state index < -0.39 is 12.7 Å². The summed E-state index contributed by atoms with van der Waals surface area (Å²) in [5, 5.41) is 0.433. The van der Waals surface area contributed by atoms with E-state index in [0.29, 0.717) is 5.56 Å². The van der Waals surface area contributed by atoms with Crippen LogP contribution in [-0.4, -0.2) is 11.7 Å². The molecule has 1 rings (SSSR count). The molecule has 0 fully saturated rings. The van der Waals surface area contributed by atoms with Crippen LogP contribution in [0.3, 0.4) is 0 Å². The maximum absolute atomic E-state index is 12.1. The van der Waals surface area contributed by atoms with Crippen LogP contribution in [0.5, 0.6) is 0 Å². The summed E-state index contributed by atoms with van der Waals surface area (Å²) in [5.74, 6) is 0. The zero-order valence-electron chi connectivity index (χ0n) is 6.10. The van der Waals surface area contributed by atoms with Crippen LogP contribution in [-0.2, 0) is 0 Å². The van der Waals surface area contributed by atoms with Gasteiger partial charge in [-0.05, 0) is 6.07 Å². The van der Waals surface area contributed by atoms with Gasteiger partial charge in [-0.1, -0.05) is 29.3 Å². The Hall–Kier alpha value is -0.380. The number of hydrogen-bond donors (Lipinski definition) is 1. The number of nitrogens with zero attached hydrogens (tertiary/aromatic N) is 1. The molecule has 2 N–H and O–H groups in total. The van der Waals surface area contributed by atoms with Crippen molar-refractivity contribution in [1.29, 1.82) is 0 Å². The molecule has 5 heteroatoms. The highest BCUT2D eigenvalue weighted by molar-refractivity contribution is 6.32. The highest BCUT2D eigenvalue weighted by Crippen LogP contribution is 2.21. The first-order valence-corrected chi connectivity index (χ1v) is 4.04. The third-order valence-electron chi connectivity index (χ3n) is 1.41. The number of nitrogens with two attached hydrogens (primary N) is 1. The van der Waals surface area contributed by atoms with Crippen molar-refractivity contribution in [2.75, 3.05) is 6.67 Å². The SMILES string of the molecule is N[C@H](CF)c1ccc(Cl)nc1Cl. The van der Waals surface area contributed by atoms with Crippen LogP contribution in [0.4, 0.5) is 4.39 Å². The quantitative estimate of drug-likeness (QED) is 0.759. The highest BCUT2D eigenvalue weighted by Gasteiger charge is 2.10. The van der Waals surface area contributed by atoms with Gasteiger partial charge < -0.3 is 5.73 Å². The third kappa shape index (κ3) is 2.06. The fraction of sp³-hybridized carbons (Fsp3) is 0.286. The van der Waals surface area contributed by atoms with Crippen molar-refractivity contribution in [1.82, 2.24) is 4.98 Å². The van der Waals surface area contributed by atoms with Crippen LogP contribution in [0.15, 0.2) is 12.1 Å². The normalized spacial score (nSPS) is 13.0. The molecule has 12 heavy (non-hydrogen) atoms. The smallest absolute Gasteiger partial charge is 0.135 e. The number of pyridine rings is 1. The van der Waals surface area contributed by atoms with E-state index in [4.69, 9.17) is 28.9 Å². The van der Waals surface area contributed by atoms with Crippen molar-refractivity contribution in [3.8, 4) is 0 Å². The Balaban J connectivity index is 3.01. The predicted molar refractivity (Wildman–Crippen MR) is 47.2 cm³/mol. The van der Waals surface area contributed by atoms with E-state index in [9.17, 15) is 4.39 Å². The minimum absolute atomic E-state index is 0.160. The summed E-state index contributed by atoms with van der Waals surface area (Å²) >= 11 is 11.2. The standard InChI is InChI=1S/C7H7Cl2FN2/c8-6-2-1-4(5(11)3-10)7(9)12-6/h1-2,5H,3,11H2/t5-/m1/s1. The topological polar surface area (TPSA) is 38.9 Å². The van der Waals surface area contributed by atoms with E-state index in [1.807, 2.05) is 0 Å². The minimum Gasteiger partial charge on any atom is -0.322 e. The van der Waals surface area contributed by atoms with Gasteiger partial charge in [-0.3, -0.25) is 0 Å². The molecule has 0 amide bonds. The molecular formula is C7H7Cl2FN2. The average molecular weight is 209 g/mol. The number of alkyl halides is 1. The van der Waals surface area contributed by atoms with Crippen LogP contribution < -0.4 is 5.73 Å². The number of aromatic nitrogens is 1. The van der Waals surface area contributed by atoms with Crippen molar-refractivity contribution >= 4 is 23.2 Å². The number of hydrogen-bond acceptors (Lipinski definition) is 2. The van der Waals surface area contributed by atoms with Gasteiger partial charge in [0.1, 0.15) is 17.0 Å². The molecule has 0 bridgehead atoms. The van der Waals surface area contributed by atoms with E-state index in [0.717, 1.165) is 0 Å². The van der Waals surface area contributed by atoms with Crippen molar-refractivity contribution in [2.45, 2.75) is 6.04 Å². The molecule has 0 radical (unpaired) electrons.